The predicted octanol–water partition coefficient (Wildman–Crippen LogP) is 4.54. The molecule has 6 nitrogen and oxygen atoms in total. The SMILES string of the molecule is C/C=C(/C=C/c1c(Cl)nc(N)nc1N[C@H](O)C[C@H](CC)CO)\C=C(F)/C=C(\C)F. The summed E-state index contributed by atoms with van der Waals surface area (Å²) in [7, 11) is 0. The van der Waals surface area contributed by atoms with E-state index >= 15 is 0 Å². The maximum atomic E-state index is 13.7. The molecule has 2 atom stereocenters. The van der Waals surface area contributed by atoms with Crippen molar-refractivity contribution in [3.05, 3.63) is 52.2 Å². The van der Waals surface area contributed by atoms with Crippen LogP contribution in [0.5, 0.6) is 0 Å². The third-order valence-corrected chi connectivity index (χ3v) is 4.32. The first-order chi connectivity index (χ1) is 13.7. The first kappa shape index (κ1) is 24.7. The molecule has 1 aromatic heterocycles. The Balaban J connectivity index is 3.15. The molecule has 0 unspecified atom stereocenters. The van der Waals surface area contributed by atoms with Crippen LogP contribution in [0.2, 0.25) is 5.15 Å². The Morgan fingerprint density at radius 3 is 2.55 bits per heavy atom. The Labute approximate surface area is 174 Å². The second-order valence-corrected chi connectivity index (χ2v) is 6.73. The standard InChI is InChI=1S/C20H27ClF2N4O2/c1-4-13(9-15(23)8-12(3)22)6-7-16-18(21)26-20(24)27-19(16)25-17(29)10-14(5-2)11-28/h4,6-9,14,17,28-29H,5,10-11H2,1-3H3,(H3,24,25,26,27)/b7-6+,12-8+,13-4-,15-9+/t14-,17+/m0/s1. The second kappa shape index (κ2) is 12.3. The molecule has 0 aliphatic carbocycles. The molecule has 0 bridgehead atoms. The fraction of sp³-hybridized carbons (Fsp3) is 0.400. The Morgan fingerprint density at radius 2 is 2.00 bits per heavy atom. The minimum Gasteiger partial charge on any atom is -0.396 e. The van der Waals surface area contributed by atoms with Gasteiger partial charge in [0.25, 0.3) is 0 Å². The lowest BCUT2D eigenvalue weighted by Crippen LogP contribution is -2.25. The summed E-state index contributed by atoms with van der Waals surface area (Å²) in [6, 6.07) is 0. The summed E-state index contributed by atoms with van der Waals surface area (Å²) < 4.78 is 26.5. The van der Waals surface area contributed by atoms with Crippen LogP contribution in [0.4, 0.5) is 20.5 Å². The van der Waals surface area contributed by atoms with E-state index in [1.54, 1.807) is 19.1 Å². The summed E-state index contributed by atoms with van der Waals surface area (Å²) >= 11 is 6.17. The van der Waals surface area contributed by atoms with E-state index in [2.05, 4.69) is 15.3 Å². The van der Waals surface area contributed by atoms with Crippen molar-refractivity contribution in [2.75, 3.05) is 17.7 Å². The second-order valence-electron chi connectivity index (χ2n) is 6.37. The monoisotopic (exact) mass is 428 g/mol. The summed E-state index contributed by atoms with van der Waals surface area (Å²) in [6.45, 7) is 4.70. The quantitative estimate of drug-likeness (QED) is 0.248. The van der Waals surface area contributed by atoms with Crippen molar-refractivity contribution in [2.45, 2.75) is 39.8 Å². The van der Waals surface area contributed by atoms with E-state index in [0.29, 0.717) is 24.0 Å². The molecule has 1 aromatic rings. The van der Waals surface area contributed by atoms with Crippen molar-refractivity contribution < 1.29 is 19.0 Å². The Bertz CT molecular complexity index is 802. The summed E-state index contributed by atoms with van der Waals surface area (Å²) in [4.78, 5) is 7.96. The molecule has 0 saturated carbocycles. The highest BCUT2D eigenvalue weighted by Crippen LogP contribution is 2.26. The predicted molar refractivity (Wildman–Crippen MR) is 113 cm³/mol. The van der Waals surface area contributed by atoms with Crippen LogP contribution in [-0.4, -0.2) is 33.0 Å². The molecule has 0 radical (unpaired) electrons. The van der Waals surface area contributed by atoms with Crippen molar-refractivity contribution >= 4 is 29.4 Å². The van der Waals surface area contributed by atoms with Gasteiger partial charge in [-0.05, 0) is 43.9 Å². The first-order valence-corrected chi connectivity index (χ1v) is 9.51. The molecule has 29 heavy (non-hydrogen) atoms. The average Bonchev–Trinajstić information content (AvgIpc) is 2.63. The molecule has 0 saturated heterocycles. The summed E-state index contributed by atoms with van der Waals surface area (Å²) in [5.74, 6) is -1.37. The fourth-order valence-electron chi connectivity index (χ4n) is 2.42. The van der Waals surface area contributed by atoms with Crippen LogP contribution >= 0.6 is 11.6 Å². The fourth-order valence-corrected chi connectivity index (χ4v) is 2.66. The number of aromatic nitrogens is 2. The maximum absolute atomic E-state index is 13.7. The van der Waals surface area contributed by atoms with E-state index in [9.17, 15) is 19.0 Å². The number of nitrogen functional groups attached to an aromatic ring is 1. The zero-order valence-corrected chi connectivity index (χ0v) is 17.4. The molecule has 0 spiro atoms. The molecule has 0 amide bonds. The number of hydrogen-bond acceptors (Lipinski definition) is 6. The normalized spacial score (nSPS) is 15.7. The molecule has 0 fully saturated rings. The van der Waals surface area contributed by atoms with Crippen molar-refractivity contribution in [3.63, 3.8) is 0 Å². The number of anilines is 2. The van der Waals surface area contributed by atoms with E-state index in [1.807, 2.05) is 6.92 Å². The lowest BCUT2D eigenvalue weighted by Gasteiger charge is -2.19. The maximum Gasteiger partial charge on any atom is 0.223 e. The largest absolute Gasteiger partial charge is 0.396 e. The van der Waals surface area contributed by atoms with Crippen LogP contribution < -0.4 is 11.1 Å². The van der Waals surface area contributed by atoms with Gasteiger partial charge in [0.1, 0.15) is 23.0 Å². The Hall–Kier alpha value is -2.29. The summed E-state index contributed by atoms with van der Waals surface area (Å²) in [6.07, 6.45) is 6.61. The molecule has 0 aromatic carbocycles. The molecule has 1 heterocycles. The molecule has 0 aliphatic rings. The minimum atomic E-state index is -0.999. The van der Waals surface area contributed by atoms with Crippen LogP contribution in [0.15, 0.2) is 41.5 Å². The smallest absolute Gasteiger partial charge is 0.223 e. The topological polar surface area (TPSA) is 104 Å². The number of nitrogens with one attached hydrogen (secondary N) is 1. The highest BCUT2D eigenvalue weighted by atomic mass is 35.5. The van der Waals surface area contributed by atoms with Gasteiger partial charge in [0.05, 0.1) is 11.4 Å². The third-order valence-electron chi connectivity index (χ3n) is 4.03. The zero-order valence-electron chi connectivity index (χ0n) is 16.7. The number of hydrogen-bond donors (Lipinski definition) is 4. The lowest BCUT2D eigenvalue weighted by molar-refractivity contribution is 0.132. The van der Waals surface area contributed by atoms with E-state index in [-0.39, 0.29) is 29.4 Å². The highest BCUT2D eigenvalue weighted by molar-refractivity contribution is 6.31. The van der Waals surface area contributed by atoms with Gasteiger partial charge in [0.15, 0.2) is 0 Å². The van der Waals surface area contributed by atoms with Gasteiger partial charge in [-0.25, -0.2) is 13.8 Å². The average molecular weight is 429 g/mol. The Kier molecular flexibility index (Phi) is 10.5. The van der Waals surface area contributed by atoms with Crippen LogP contribution in [0.3, 0.4) is 0 Å². The van der Waals surface area contributed by atoms with E-state index < -0.39 is 17.9 Å². The molecule has 9 heteroatoms. The van der Waals surface area contributed by atoms with Crippen molar-refractivity contribution in [1.29, 1.82) is 0 Å². The van der Waals surface area contributed by atoms with Gasteiger partial charge in [0, 0.05) is 12.7 Å². The molecule has 0 aliphatic heterocycles. The van der Waals surface area contributed by atoms with Gasteiger partial charge in [-0.15, -0.1) is 0 Å². The van der Waals surface area contributed by atoms with Crippen LogP contribution in [-0.2, 0) is 0 Å². The summed E-state index contributed by atoms with van der Waals surface area (Å²) in [5, 5.41) is 22.4. The molecule has 5 N–H and O–H groups in total. The van der Waals surface area contributed by atoms with Crippen LogP contribution in [0, 0.1) is 5.92 Å². The minimum absolute atomic E-state index is 0.0389. The number of aliphatic hydroxyl groups is 2. The number of nitrogens with two attached hydrogens (primary N) is 1. The Morgan fingerprint density at radius 1 is 1.31 bits per heavy atom. The number of nitrogens with zero attached hydrogens (tertiary/aromatic N) is 2. The number of aliphatic hydroxyl groups excluding tert-OH is 2. The van der Waals surface area contributed by atoms with E-state index in [4.69, 9.17) is 17.3 Å². The molecular weight excluding hydrogens is 402 g/mol. The lowest BCUT2D eigenvalue weighted by atomic mass is 10.0. The summed E-state index contributed by atoms with van der Waals surface area (Å²) in [5.41, 5.74) is 6.43. The van der Waals surface area contributed by atoms with Gasteiger partial charge in [0.2, 0.25) is 5.95 Å². The molecular formula is C20H27ClF2N4O2. The number of rotatable bonds is 10. The van der Waals surface area contributed by atoms with Gasteiger partial charge < -0.3 is 21.3 Å². The van der Waals surface area contributed by atoms with Crippen LogP contribution in [0.25, 0.3) is 6.08 Å². The molecule has 160 valence electrons. The number of halogens is 3. The van der Waals surface area contributed by atoms with Crippen molar-refractivity contribution in [3.8, 4) is 0 Å². The van der Waals surface area contributed by atoms with Gasteiger partial charge in [-0.3, -0.25) is 0 Å². The van der Waals surface area contributed by atoms with Gasteiger partial charge in [-0.1, -0.05) is 37.1 Å². The third kappa shape index (κ3) is 8.72. The molecule has 1 rings (SSSR count). The van der Waals surface area contributed by atoms with E-state index in [0.717, 1.165) is 19.1 Å². The number of allylic oxidation sites excluding steroid dienone is 7. The zero-order chi connectivity index (χ0) is 22.0. The highest BCUT2D eigenvalue weighted by Gasteiger charge is 2.16. The van der Waals surface area contributed by atoms with Crippen LogP contribution in [0.1, 0.15) is 39.2 Å². The van der Waals surface area contributed by atoms with E-state index in [1.165, 1.54) is 6.08 Å². The van der Waals surface area contributed by atoms with Gasteiger partial charge in [-0.2, -0.15) is 4.98 Å². The van der Waals surface area contributed by atoms with Crippen molar-refractivity contribution in [2.24, 2.45) is 5.92 Å². The van der Waals surface area contributed by atoms with Gasteiger partial charge >= 0.3 is 0 Å². The van der Waals surface area contributed by atoms with Crippen molar-refractivity contribution in [1.82, 2.24) is 9.97 Å². The first-order valence-electron chi connectivity index (χ1n) is 9.13.